The second-order valence-electron chi connectivity index (χ2n) is 4.60. The number of hydrogen-bond donors (Lipinski definition) is 1. The lowest BCUT2D eigenvalue weighted by molar-refractivity contribution is 0.528. The molecule has 0 radical (unpaired) electrons. The molecule has 1 nitrogen and oxygen atoms in total. The average Bonchev–Trinajstić information content (AvgIpc) is 2.43. The lowest BCUT2D eigenvalue weighted by Gasteiger charge is -2.19. The van der Waals surface area contributed by atoms with Crippen LogP contribution in [0.25, 0.3) is 0 Å². The van der Waals surface area contributed by atoms with Gasteiger partial charge in [0.15, 0.2) is 0 Å². The molecule has 2 aromatic rings. The molecule has 0 saturated heterocycles. The van der Waals surface area contributed by atoms with Crippen LogP contribution >= 0.6 is 23.2 Å². The van der Waals surface area contributed by atoms with Gasteiger partial charge in [-0.2, -0.15) is 0 Å². The lowest BCUT2D eigenvalue weighted by atomic mass is 9.98. The number of benzene rings is 2. The van der Waals surface area contributed by atoms with E-state index in [0.29, 0.717) is 22.0 Å². The highest BCUT2D eigenvalue weighted by Gasteiger charge is 2.14. The van der Waals surface area contributed by atoms with Crippen molar-refractivity contribution in [3.8, 4) is 0 Å². The fourth-order valence-electron chi connectivity index (χ4n) is 2.17. The van der Waals surface area contributed by atoms with Crippen molar-refractivity contribution < 1.29 is 4.39 Å². The van der Waals surface area contributed by atoms with E-state index >= 15 is 0 Å². The van der Waals surface area contributed by atoms with Crippen molar-refractivity contribution in [3.63, 3.8) is 0 Å². The Balaban J connectivity index is 2.25. The first kappa shape index (κ1) is 15.3. The maximum atomic E-state index is 13.8. The minimum absolute atomic E-state index is 0.0326. The Morgan fingerprint density at radius 1 is 1.05 bits per heavy atom. The Kier molecular flexibility index (Phi) is 5.41. The third-order valence-electron chi connectivity index (χ3n) is 3.15. The van der Waals surface area contributed by atoms with E-state index < -0.39 is 0 Å². The summed E-state index contributed by atoms with van der Waals surface area (Å²) in [6, 6.07) is 12.3. The van der Waals surface area contributed by atoms with Gasteiger partial charge in [0, 0.05) is 16.1 Å². The number of hydrogen-bond acceptors (Lipinski definition) is 1. The van der Waals surface area contributed by atoms with Crippen LogP contribution in [0.15, 0.2) is 42.5 Å². The maximum Gasteiger partial charge on any atom is 0.126 e. The summed E-state index contributed by atoms with van der Waals surface area (Å²) < 4.78 is 13.8. The molecule has 0 spiro atoms. The zero-order chi connectivity index (χ0) is 14.5. The summed E-state index contributed by atoms with van der Waals surface area (Å²) in [4.78, 5) is 0. The molecule has 0 bridgehead atoms. The van der Waals surface area contributed by atoms with Gasteiger partial charge in [0.2, 0.25) is 0 Å². The maximum absolute atomic E-state index is 13.8. The van der Waals surface area contributed by atoms with E-state index in [9.17, 15) is 4.39 Å². The van der Waals surface area contributed by atoms with Crippen molar-refractivity contribution in [1.82, 2.24) is 5.32 Å². The van der Waals surface area contributed by atoms with Crippen LogP contribution in [0.2, 0.25) is 10.0 Å². The molecular formula is C16H16Cl2FN. The fourth-order valence-corrected chi connectivity index (χ4v) is 2.49. The summed E-state index contributed by atoms with van der Waals surface area (Å²) in [5, 5.41) is 4.60. The van der Waals surface area contributed by atoms with E-state index in [4.69, 9.17) is 23.2 Å². The van der Waals surface area contributed by atoms with Crippen LogP contribution in [-0.4, -0.2) is 6.54 Å². The molecule has 0 amide bonds. The summed E-state index contributed by atoms with van der Waals surface area (Å²) in [5.41, 5.74) is 1.69. The van der Waals surface area contributed by atoms with Gasteiger partial charge in [0.25, 0.3) is 0 Å². The molecule has 1 unspecified atom stereocenters. The molecule has 106 valence electrons. The van der Waals surface area contributed by atoms with Crippen molar-refractivity contribution in [1.29, 1.82) is 0 Å². The van der Waals surface area contributed by atoms with Gasteiger partial charge in [-0.3, -0.25) is 0 Å². The number of halogens is 3. The summed E-state index contributed by atoms with van der Waals surface area (Å²) in [6.45, 7) is 2.83. The van der Waals surface area contributed by atoms with Gasteiger partial charge in [-0.15, -0.1) is 0 Å². The van der Waals surface area contributed by atoms with Crippen molar-refractivity contribution in [2.75, 3.05) is 6.54 Å². The van der Waals surface area contributed by atoms with Gasteiger partial charge < -0.3 is 5.32 Å². The summed E-state index contributed by atoms with van der Waals surface area (Å²) in [7, 11) is 0. The van der Waals surface area contributed by atoms with Gasteiger partial charge in [-0.1, -0.05) is 42.3 Å². The lowest BCUT2D eigenvalue weighted by Crippen LogP contribution is -2.23. The van der Waals surface area contributed by atoms with Gasteiger partial charge in [-0.05, 0) is 54.4 Å². The van der Waals surface area contributed by atoms with Gasteiger partial charge in [0.05, 0.1) is 0 Å². The minimum atomic E-state index is -0.230. The average molecular weight is 312 g/mol. The zero-order valence-corrected chi connectivity index (χ0v) is 12.7. The highest BCUT2D eigenvalue weighted by molar-refractivity contribution is 6.30. The zero-order valence-electron chi connectivity index (χ0n) is 11.2. The molecule has 0 heterocycles. The predicted molar refractivity (Wildman–Crippen MR) is 83.0 cm³/mol. The largest absolute Gasteiger partial charge is 0.310 e. The highest BCUT2D eigenvalue weighted by Crippen LogP contribution is 2.23. The third kappa shape index (κ3) is 3.95. The monoisotopic (exact) mass is 311 g/mol. The van der Waals surface area contributed by atoms with Crippen LogP contribution in [0, 0.1) is 5.82 Å². The van der Waals surface area contributed by atoms with Crippen LogP contribution in [0.1, 0.15) is 24.1 Å². The second-order valence-corrected chi connectivity index (χ2v) is 5.47. The van der Waals surface area contributed by atoms with Crippen molar-refractivity contribution in [2.45, 2.75) is 19.4 Å². The number of nitrogens with one attached hydrogen (secondary N) is 1. The fraction of sp³-hybridized carbons (Fsp3) is 0.250. The highest BCUT2D eigenvalue weighted by atomic mass is 35.5. The molecule has 20 heavy (non-hydrogen) atoms. The SMILES string of the molecule is CCNC(Cc1cc(Cl)ccc1F)c1ccc(Cl)cc1. The van der Waals surface area contributed by atoms with E-state index in [1.54, 1.807) is 12.1 Å². The first-order valence-electron chi connectivity index (χ1n) is 6.53. The molecule has 2 rings (SSSR count). The molecule has 1 N–H and O–H groups in total. The van der Waals surface area contributed by atoms with Gasteiger partial charge in [0.1, 0.15) is 5.82 Å². The molecule has 1 atom stereocenters. The number of likely N-dealkylation sites (N-methyl/N-ethyl adjacent to an activating group) is 1. The summed E-state index contributed by atoms with van der Waals surface area (Å²) >= 11 is 11.8. The van der Waals surface area contributed by atoms with Crippen LogP contribution < -0.4 is 5.32 Å². The molecule has 0 fully saturated rings. The van der Waals surface area contributed by atoms with Crippen LogP contribution in [0.5, 0.6) is 0 Å². The summed E-state index contributed by atoms with van der Waals surface area (Å²) in [5.74, 6) is -0.230. The van der Waals surface area contributed by atoms with Crippen molar-refractivity contribution in [2.24, 2.45) is 0 Å². The van der Waals surface area contributed by atoms with Crippen LogP contribution in [0.3, 0.4) is 0 Å². The molecule has 0 aliphatic heterocycles. The standard InChI is InChI=1S/C16H16Cl2FN/c1-2-20-16(11-3-5-13(17)6-4-11)10-12-9-14(18)7-8-15(12)19/h3-9,16,20H,2,10H2,1H3. The van der Waals surface area contributed by atoms with Crippen molar-refractivity contribution in [3.05, 3.63) is 69.5 Å². The van der Waals surface area contributed by atoms with E-state index in [2.05, 4.69) is 5.32 Å². The second kappa shape index (κ2) is 7.07. The van der Waals surface area contributed by atoms with Crippen LogP contribution in [0.4, 0.5) is 4.39 Å². The van der Waals surface area contributed by atoms with E-state index in [1.807, 2.05) is 31.2 Å². The minimum Gasteiger partial charge on any atom is -0.310 e. The topological polar surface area (TPSA) is 12.0 Å². The summed E-state index contributed by atoms with van der Waals surface area (Å²) in [6.07, 6.45) is 0.544. The molecular weight excluding hydrogens is 296 g/mol. The smallest absolute Gasteiger partial charge is 0.126 e. The number of rotatable bonds is 5. The third-order valence-corrected chi connectivity index (χ3v) is 3.64. The molecule has 0 aliphatic carbocycles. The Morgan fingerprint density at radius 3 is 2.35 bits per heavy atom. The Bertz CT molecular complexity index is 569. The Morgan fingerprint density at radius 2 is 1.70 bits per heavy atom. The Hall–Kier alpha value is -1.09. The van der Waals surface area contributed by atoms with Crippen molar-refractivity contribution >= 4 is 23.2 Å². The predicted octanol–water partition coefficient (Wildman–Crippen LogP) is 5.03. The van der Waals surface area contributed by atoms with E-state index in [0.717, 1.165) is 12.1 Å². The first-order valence-corrected chi connectivity index (χ1v) is 7.28. The van der Waals surface area contributed by atoms with E-state index in [-0.39, 0.29) is 11.9 Å². The molecule has 0 aliphatic rings. The molecule has 0 aromatic heterocycles. The van der Waals surface area contributed by atoms with E-state index in [1.165, 1.54) is 6.07 Å². The quantitative estimate of drug-likeness (QED) is 0.817. The van der Waals surface area contributed by atoms with Gasteiger partial charge >= 0.3 is 0 Å². The van der Waals surface area contributed by atoms with Gasteiger partial charge in [-0.25, -0.2) is 4.39 Å². The molecule has 0 saturated carbocycles. The normalized spacial score (nSPS) is 12.4. The van der Waals surface area contributed by atoms with Crippen LogP contribution in [-0.2, 0) is 6.42 Å². The first-order chi connectivity index (χ1) is 9.60. The molecule has 4 heteroatoms. The Labute approximate surface area is 128 Å². The molecule has 2 aromatic carbocycles.